The van der Waals surface area contributed by atoms with E-state index >= 15 is 0 Å². The van der Waals surface area contributed by atoms with Crippen molar-refractivity contribution in [1.29, 1.82) is 0 Å². The normalized spacial score (nSPS) is 14.0. The average molecular weight is 757 g/mol. The van der Waals surface area contributed by atoms with Crippen molar-refractivity contribution in [3.8, 4) is 0 Å². The Bertz CT molecular complexity index is 991. The molecule has 0 radical (unpaired) electrons. The molecule has 0 bridgehead atoms. The first kappa shape index (κ1) is 50.2. The summed E-state index contributed by atoms with van der Waals surface area (Å²) in [6.07, 6.45) is 38.2. The number of carbonyl (C=O) groups excluding carboxylic acids is 2. The summed E-state index contributed by atoms with van der Waals surface area (Å²) in [5.74, 6) is -1.06. The lowest BCUT2D eigenvalue weighted by Crippen LogP contribution is -2.37. The van der Waals surface area contributed by atoms with Gasteiger partial charge in [0.15, 0.2) is 6.10 Å². The van der Waals surface area contributed by atoms with Crippen molar-refractivity contribution in [2.24, 2.45) is 0 Å². The van der Waals surface area contributed by atoms with Gasteiger partial charge in [-0.05, 0) is 44.9 Å². The fourth-order valence-corrected chi connectivity index (χ4v) is 6.19. The van der Waals surface area contributed by atoms with Crippen molar-refractivity contribution in [2.75, 3.05) is 47.5 Å². The fourth-order valence-electron chi connectivity index (χ4n) is 5.45. The summed E-state index contributed by atoms with van der Waals surface area (Å²) in [5.41, 5.74) is 0. The van der Waals surface area contributed by atoms with Gasteiger partial charge in [-0.15, -0.1) is 0 Å². The van der Waals surface area contributed by atoms with Crippen LogP contribution in [-0.2, 0) is 32.7 Å². The van der Waals surface area contributed by atoms with Gasteiger partial charge in [-0.25, -0.2) is 9.36 Å². The number of allylic oxidation sites excluding steroid dienone is 5. The number of hydrogen-bond acceptors (Lipinski definition) is 7. The van der Waals surface area contributed by atoms with Crippen molar-refractivity contribution in [3.05, 3.63) is 36.5 Å². The van der Waals surface area contributed by atoms with Crippen LogP contribution in [0.2, 0.25) is 0 Å². The minimum atomic E-state index is -4.39. The number of likely N-dealkylation sites (N-methyl/N-ethyl adjacent to an activating group) is 1. The van der Waals surface area contributed by atoms with Crippen LogP contribution in [0.25, 0.3) is 0 Å². The molecule has 0 aromatic heterocycles. The highest BCUT2D eigenvalue weighted by Crippen LogP contribution is 2.43. The van der Waals surface area contributed by atoms with E-state index in [0.717, 1.165) is 44.9 Å². The van der Waals surface area contributed by atoms with Gasteiger partial charge in [-0.3, -0.25) is 13.8 Å². The van der Waals surface area contributed by atoms with E-state index in [4.69, 9.17) is 18.5 Å². The summed E-state index contributed by atoms with van der Waals surface area (Å²) in [6, 6.07) is 0. The number of quaternary nitrogens is 1. The zero-order valence-corrected chi connectivity index (χ0v) is 34.9. The molecule has 0 amide bonds. The first-order valence-electron chi connectivity index (χ1n) is 20.8. The predicted octanol–water partition coefficient (Wildman–Crippen LogP) is 11.4. The van der Waals surface area contributed by atoms with Crippen LogP contribution in [0.4, 0.5) is 0 Å². The molecule has 1 unspecified atom stereocenters. The third-order valence-corrected chi connectivity index (χ3v) is 9.73. The standard InChI is InChI=1S/C42H78NO8P/c1-6-8-10-12-14-16-18-20-21-23-24-26-28-30-32-34-41(44)48-38-40(39-50-52(46,47)49-37-36-43(3,4)5)51-42(45)35-33-31-29-27-25-22-19-17-15-13-11-9-7-2/h17,19,28,30,32,34,40H,6-16,18,20-27,29,31,33,35-39H2,1-5H3/p+1/b19-17+,30-28+,34-32+/t40-/m1/s1. The summed E-state index contributed by atoms with van der Waals surface area (Å²) >= 11 is 0. The Morgan fingerprint density at radius 1 is 0.635 bits per heavy atom. The molecular weight excluding hydrogens is 677 g/mol. The van der Waals surface area contributed by atoms with Gasteiger partial charge in [0.2, 0.25) is 0 Å². The van der Waals surface area contributed by atoms with Gasteiger partial charge in [-0.2, -0.15) is 0 Å². The maximum atomic E-state index is 12.6. The fraction of sp³-hybridized carbons (Fsp3) is 0.810. The van der Waals surface area contributed by atoms with E-state index in [1.807, 2.05) is 33.3 Å². The summed E-state index contributed by atoms with van der Waals surface area (Å²) in [4.78, 5) is 35.1. The second-order valence-corrected chi connectivity index (χ2v) is 16.5. The topological polar surface area (TPSA) is 108 Å². The number of ether oxygens (including phenoxy) is 2. The number of phosphoric acid groups is 1. The molecule has 52 heavy (non-hydrogen) atoms. The third kappa shape index (κ3) is 38.0. The maximum absolute atomic E-state index is 12.6. The maximum Gasteiger partial charge on any atom is 0.472 e. The predicted molar refractivity (Wildman–Crippen MR) is 215 cm³/mol. The molecule has 0 spiro atoms. The molecule has 0 fully saturated rings. The average Bonchev–Trinajstić information content (AvgIpc) is 3.09. The van der Waals surface area contributed by atoms with Gasteiger partial charge in [0.25, 0.3) is 0 Å². The number of unbranched alkanes of at least 4 members (excludes halogenated alkanes) is 20. The molecule has 10 heteroatoms. The van der Waals surface area contributed by atoms with E-state index in [1.54, 1.807) is 6.08 Å². The summed E-state index contributed by atoms with van der Waals surface area (Å²) < 4.78 is 34.0. The highest BCUT2D eigenvalue weighted by molar-refractivity contribution is 7.47. The Morgan fingerprint density at radius 3 is 1.65 bits per heavy atom. The van der Waals surface area contributed by atoms with Crippen molar-refractivity contribution in [3.63, 3.8) is 0 Å². The Morgan fingerprint density at radius 2 is 1.12 bits per heavy atom. The van der Waals surface area contributed by atoms with Crippen LogP contribution in [0, 0.1) is 0 Å². The van der Waals surface area contributed by atoms with E-state index < -0.39 is 32.5 Å². The Labute approximate surface area is 319 Å². The van der Waals surface area contributed by atoms with Crippen LogP contribution in [0.3, 0.4) is 0 Å². The number of carbonyl (C=O) groups is 2. The molecule has 0 aliphatic rings. The van der Waals surface area contributed by atoms with Crippen molar-refractivity contribution in [2.45, 2.75) is 174 Å². The molecule has 2 atom stereocenters. The molecule has 0 aromatic rings. The van der Waals surface area contributed by atoms with Crippen molar-refractivity contribution >= 4 is 19.8 Å². The van der Waals surface area contributed by atoms with E-state index in [0.29, 0.717) is 17.4 Å². The summed E-state index contributed by atoms with van der Waals surface area (Å²) in [7, 11) is 1.43. The van der Waals surface area contributed by atoms with Crippen LogP contribution in [0.15, 0.2) is 36.5 Å². The molecule has 0 aliphatic carbocycles. The Hall–Kier alpha value is -1.77. The van der Waals surface area contributed by atoms with Crippen LogP contribution in [0.5, 0.6) is 0 Å². The zero-order chi connectivity index (χ0) is 38.6. The van der Waals surface area contributed by atoms with Crippen LogP contribution < -0.4 is 0 Å². The molecule has 0 rings (SSSR count). The Balaban J connectivity index is 4.51. The van der Waals surface area contributed by atoms with E-state index in [1.165, 1.54) is 102 Å². The summed E-state index contributed by atoms with van der Waals surface area (Å²) in [5, 5.41) is 0. The quantitative estimate of drug-likeness (QED) is 0.0127. The molecule has 304 valence electrons. The second kappa shape index (κ2) is 35.0. The molecule has 0 heterocycles. The number of esters is 2. The third-order valence-electron chi connectivity index (χ3n) is 8.75. The number of phosphoric ester groups is 1. The van der Waals surface area contributed by atoms with Gasteiger partial charge in [0, 0.05) is 12.5 Å². The molecule has 9 nitrogen and oxygen atoms in total. The number of rotatable bonds is 37. The van der Waals surface area contributed by atoms with Crippen molar-refractivity contribution in [1.82, 2.24) is 0 Å². The molecule has 0 saturated carbocycles. The molecular formula is C42H79NO8P+. The lowest BCUT2D eigenvalue weighted by Gasteiger charge is -2.24. The SMILES string of the molecule is CCCCCC/C=C/CCCCCCCC(=O)O[C@H](COC(=O)/C=C/C=C/CCCCCCCCCCCCC)COP(=O)(O)OCC[N+](C)(C)C. The van der Waals surface area contributed by atoms with Crippen LogP contribution in [0.1, 0.15) is 168 Å². The van der Waals surface area contributed by atoms with Gasteiger partial charge in [0.1, 0.15) is 19.8 Å². The monoisotopic (exact) mass is 757 g/mol. The summed E-state index contributed by atoms with van der Waals surface area (Å²) in [6.45, 7) is 4.26. The molecule has 0 aliphatic heterocycles. The minimum absolute atomic E-state index is 0.0175. The minimum Gasteiger partial charge on any atom is -0.458 e. The molecule has 0 saturated heterocycles. The Kier molecular flexibility index (Phi) is 33.8. The highest BCUT2D eigenvalue weighted by atomic mass is 31.2. The number of nitrogens with zero attached hydrogens (tertiary/aromatic N) is 1. The lowest BCUT2D eigenvalue weighted by molar-refractivity contribution is -0.870. The van der Waals surface area contributed by atoms with Gasteiger partial charge in [-0.1, -0.05) is 147 Å². The second-order valence-electron chi connectivity index (χ2n) is 15.1. The zero-order valence-electron chi connectivity index (χ0n) is 34.0. The first-order chi connectivity index (χ1) is 25.0. The van der Waals surface area contributed by atoms with Gasteiger partial charge >= 0.3 is 19.8 Å². The number of hydrogen-bond donors (Lipinski definition) is 1. The first-order valence-corrected chi connectivity index (χ1v) is 22.3. The highest BCUT2D eigenvalue weighted by Gasteiger charge is 2.26. The largest absolute Gasteiger partial charge is 0.472 e. The van der Waals surface area contributed by atoms with Crippen LogP contribution in [-0.4, -0.2) is 74.9 Å². The lowest BCUT2D eigenvalue weighted by atomic mass is 10.1. The van der Waals surface area contributed by atoms with E-state index in [9.17, 15) is 19.0 Å². The van der Waals surface area contributed by atoms with Crippen molar-refractivity contribution < 1.29 is 42.1 Å². The van der Waals surface area contributed by atoms with Crippen LogP contribution >= 0.6 is 7.82 Å². The van der Waals surface area contributed by atoms with E-state index in [2.05, 4.69) is 26.0 Å². The van der Waals surface area contributed by atoms with Gasteiger partial charge in [0.05, 0.1) is 27.7 Å². The molecule has 1 N–H and O–H groups in total. The van der Waals surface area contributed by atoms with Gasteiger partial charge < -0.3 is 18.9 Å². The smallest absolute Gasteiger partial charge is 0.458 e. The van der Waals surface area contributed by atoms with E-state index in [-0.39, 0.29) is 19.6 Å². The molecule has 0 aromatic carbocycles.